The number of hydrogen-bond acceptors (Lipinski definition) is 5. The van der Waals surface area contributed by atoms with E-state index in [4.69, 9.17) is 4.42 Å². The van der Waals surface area contributed by atoms with Gasteiger partial charge in [0.1, 0.15) is 5.52 Å². The molecular formula is C25H25N3O3S. The maximum atomic E-state index is 12.9. The van der Waals surface area contributed by atoms with Crippen LogP contribution in [0.5, 0.6) is 0 Å². The lowest BCUT2D eigenvalue weighted by atomic mass is 10.1. The molecule has 0 saturated carbocycles. The number of aryl methyl sites for hydroxylation is 1. The molecule has 0 atom stereocenters. The third kappa shape index (κ3) is 4.19. The van der Waals surface area contributed by atoms with Crippen molar-refractivity contribution in [3.63, 3.8) is 0 Å². The lowest BCUT2D eigenvalue weighted by molar-refractivity contribution is 0.169. The van der Waals surface area contributed by atoms with Crippen LogP contribution in [0.15, 0.2) is 82.1 Å². The summed E-state index contributed by atoms with van der Waals surface area (Å²) in [4.78, 5) is 7.22. The minimum Gasteiger partial charge on any atom is -0.439 e. The second-order valence-electron chi connectivity index (χ2n) is 8.15. The van der Waals surface area contributed by atoms with Gasteiger partial charge in [-0.1, -0.05) is 48.5 Å². The van der Waals surface area contributed by atoms with Gasteiger partial charge in [-0.2, -0.15) is 4.31 Å². The molecule has 164 valence electrons. The normalized spacial score (nSPS) is 15.9. The van der Waals surface area contributed by atoms with Gasteiger partial charge in [0, 0.05) is 26.2 Å². The first kappa shape index (κ1) is 20.9. The molecule has 0 radical (unpaired) electrons. The summed E-state index contributed by atoms with van der Waals surface area (Å²) in [5.41, 5.74) is 4.79. The average molecular weight is 448 g/mol. The molecule has 1 aromatic heterocycles. The Morgan fingerprint density at radius 2 is 1.66 bits per heavy atom. The summed E-state index contributed by atoms with van der Waals surface area (Å²) in [5, 5.41) is 0. The molecule has 0 bridgehead atoms. The Labute approximate surface area is 188 Å². The monoisotopic (exact) mass is 447 g/mol. The van der Waals surface area contributed by atoms with Crippen LogP contribution in [0.3, 0.4) is 0 Å². The van der Waals surface area contributed by atoms with Gasteiger partial charge >= 0.3 is 0 Å². The van der Waals surface area contributed by atoms with Gasteiger partial charge in [-0.15, -0.1) is 0 Å². The van der Waals surface area contributed by atoms with Crippen LogP contribution in [-0.2, 0) is 16.6 Å². The zero-order valence-electron chi connectivity index (χ0n) is 17.9. The van der Waals surface area contributed by atoms with Gasteiger partial charge in [-0.25, -0.2) is 13.4 Å². The number of hydrogen-bond donors (Lipinski definition) is 0. The molecule has 0 spiro atoms. The van der Waals surface area contributed by atoms with Crippen LogP contribution in [0.4, 0.5) is 0 Å². The molecule has 0 unspecified atom stereocenters. The van der Waals surface area contributed by atoms with E-state index in [1.54, 1.807) is 22.5 Å². The van der Waals surface area contributed by atoms with Gasteiger partial charge in [0.25, 0.3) is 0 Å². The molecule has 3 aromatic carbocycles. The van der Waals surface area contributed by atoms with Crippen molar-refractivity contribution in [2.45, 2.75) is 18.4 Å². The number of aromatic nitrogens is 1. The molecule has 0 N–H and O–H groups in total. The average Bonchev–Trinajstić information content (AvgIpc) is 3.21. The van der Waals surface area contributed by atoms with Crippen molar-refractivity contribution in [3.8, 4) is 11.1 Å². The first-order chi connectivity index (χ1) is 15.5. The molecule has 4 aromatic rings. The van der Waals surface area contributed by atoms with Gasteiger partial charge in [0.2, 0.25) is 15.9 Å². The van der Waals surface area contributed by atoms with Crippen LogP contribution in [0, 0.1) is 6.92 Å². The first-order valence-corrected chi connectivity index (χ1v) is 12.2. The highest BCUT2D eigenvalue weighted by atomic mass is 32.2. The summed E-state index contributed by atoms with van der Waals surface area (Å²) in [6.45, 7) is 4.65. The zero-order chi connectivity index (χ0) is 22.1. The lowest BCUT2D eigenvalue weighted by Gasteiger charge is -2.33. The fourth-order valence-electron chi connectivity index (χ4n) is 4.10. The van der Waals surface area contributed by atoms with E-state index in [2.05, 4.69) is 22.0 Å². The molecule has 0 aliphatic carbocycles. The van der Waals surface area contributed by atoms with Gasteiger partial charge in [-0.05, 0) is 47.9 Å². The Balaban J connectivity index is 1.26. The standard InChI is InChI=1S/C25H25N3O3S/c1-19-6-5-9-22(16-19)32(29,30)28-14-12-27(13-15-28)18-25-26-23-17-21(10-11-24(23)31-25)20-7-3-2-4-8-20/h2-11,16-17H,12-15,18H2,1H3. The Bertz CT molecular complexity index is 1340. The summed E-state index contributed by atoms with van der Waals surface area (Å²) in [6, 6.07) is 23.3. The van der Waals surface area contributed by atoms with Crippen molar-refractivity contribution in [2.24, 2.45) is 0 Å². The van der Waals surface area contributed by atoms with Gasteiger partial charge in [0.15, 0.2) is 5.58 Å². The van der Waals surface area contributed by atoms with Crippen LogP contribution in [0.2, 0.25) is 0 Å². The maximum absolute atomic E-state index is 12.9. The largest absolute Gasteiger partial charge is 0.439 e. The number of fused-ring (bicyclic) bond motifs is 1. The van der Waals surface area contributed by atoms with Gasteiger partial charge in [-0.3, -0.25) is 4.90 Å². The van der Waals surface area contributed by atoms with Crippen molar-refractivity contribution >= 4 is 21.1 Å². The van der Waals surface area contributed by atoms with E-state index in [0.29, 0.717) is 43.5 Å². The van der Waals surface area contributed by atoms with E-state index in [1.807, 2.05) is 49.4 Å². The number of oxazole rings is 1. The Morgan fingerprint density at radius 3 is 2.41 bits per heavy atom. The van der Waals surface area contributed by atoms with E-state index >= 15 is 0 Å². The van der Waals surface area contributed by atoms with Crippen molar-refractivity contribution in [3.05, 3.63) is 84.3 Å². The second-order valence-corrected chi connectivity index (χ2v) is 10.1. The van der Waals surface area contributed by atoms with Crippen molar-refractivity contribution < 1.29 is 12.8 Å². The molecule has 6 nitrogen and oxygen atoms in total. The topological polar surface area (TPSA) is 66.7 Å². The quantitative estimate of drug-likeness (QED) is 0.456. The highest BCUT2D eigenvalue weighted by molar-refractivity contribution is 7.89. The molecule has 1 aliphatic heterocycles. The maximum Gasteiger partial charge on any atom is 0.243 e. The number of piperazine rings is 1. The van der Waals surface area contributed by atoms with Gasteiger partial charge < -0.3 is 4.42 Å². The number of benzene rings is 3. The Morgan fingerprint density at radius 1 is 0.875 bits per heavy atom. The van der Waals surface area contributed by atoms with Crippen molar-refractivity contribution in [1.82, 2.24) is 14.2 Å². The van der Waals surface area contributed by atoms with Crippen molar-refractivity contribution in [2.75, 3.05) is 26.2 Å². The molecule has 32 heavy (non-hydrogen) atoms. The molecule has 7 heteroatoms. The molecule has 1 fully saturated rings. The molecule has 1 saturated heterocycles. The van der Waals surface area contributed by atoms with E-state index < -0.39 is 10.0 Å². The summed E-state index contributed by atoms with van der Waals surface area (Å²) < 4.78 is 33.4. The van der Waals surface area contributed by atoms with E-state index in [-0.39, 0.29) is 0 Å². The first-order valence-electron chi connectivity index (χ1n) is 10.7. The molecule has 2 heterocycles. The van der Waals surface area contributed by atoms with E-state index in [0.717, 1.165) is 27.8 Å². The highest BCUT2D eigenvalue weighted by Crippen LogP contribution is 2.25. The molecule has 1 aliphatic rings. The van der Waals surface area contributed by atoms with E-state index in [9.17, 15) is 8.42 Å². The Kier molecular flexibility index (Phi) is 5.55. The molecular weight excluding hydrogens is 422 g/mol. The van der Waals surface area contributed by atoms with Crippen LogP contribution in [-0.4, -0.2) is 48.8 Å². The predicted molar refractivity (Wildman–Crippen MR) is 125 cm³/mol. The third-order valence-electron chi connectivity index (χ3n) is 5.86. The number of sulfonamides is 1. The molecule has 0 amide bonds. The summed E-state index contributed by atoms with van der Waals surface area (Å²) in [6.07, 6.45) is 0. The van der Waals surface area contributed by atoms with Crippen LogP contribution in [0.1, 0.15) is 11.5 Å². The smallest absolute Gasteiger partial charge is 0.243 e. The predicted octanol–water partition coefficient (Wildman–Crippen LogP) is 4.31. The van der Waals surface area contributed by atoms with Gasteiger partial charge in [0.05, 0.1) is 11.4 Å². The Hall–Kier alpha value is -3.00. The van der Waals surface area contributed by atoms with Crippen LogP contribution in [0.25, 0.3) is 22.2 Å². The fraction of sp³-hybridized carbons (Fsp3) is 0.240. The lowest BCUT2D eigenvalue weighted by Crippen LogP contribution is -2.48. The minimum atomic E-state index is -3.46. The SMILES string of the molecule is Cc1cccc(S(=O)(=O)N2CCN(Cc3nc4cc(-c5ccccc5)ccc4o3)CC2)c1. The summed E-state index contributed by atoms with van der Waals surface area (Å²) >= 11 is 0. The highest BCUT2D eigenvalue weighted by Gasteiger charge is 2.29. The van der Waals surface area contributed by atoms with Crippen molar-refractivity contribution in [1.29, 1.82) is 0 Å². The molecule has 5 rings (SSSR count). The van der Waals surface area contributed by atoms with E-state index in [1.165, 1.54) is 0 Å². The number of nitrogens with zero attached hydrogens (tertiary/aromatic N) is 3. The summed E-state index contributed by atoms with van der Waals surface area (Å²) in [5.74, 6) is 0.653. The second kappa shape index (κ2) is 8.50. The zero-order valence-corrected chi connectivity index (χ0v) is 18.8. The third-order valence-corrected chi connectivity index (χ3v) is 7.75. The minimum absolute atomic E-state index is 0.360. The van der Waals surface area contributed by atoms with Crippen LogP contribution < -0.4 is 0 Å². The fourth-order valence-corrected chi connectivity index (χ4v) is 5.62. The number of rotatable bonds is 5. The van der Waals surface area contributed by atoms with Crippen LogP contribution >= 0.6 is 0 Å². The summed E-state index contributed by atoms with van der Waals surface area (Å²) in [7, 11) is -3.46.